The van der Waals surface area contributed by atoms with E-state index >= 15 is 0 Å². The third-order valence-electron chi connectivity index (χ3n) is 4.82. The third kappa shape index (κ3) is 2.91. The fourth-order valence-corrected chi connectivity index (χ4v) is 3.59. The first-order chi connectivity index (χ1) is 11.4. The van der Waals surface area contributed by atoms with Crippen molar-refractivity contribution in [1.82, 2.24) is 5.32 Å². The smallest absolute Gasteiger partial charge is 0.249 e. The molecule has 2 aliphatic rings. The number of carbonyl (C=O) groups is 3. The second-order valence-corrected chi connectivity index (χ2v) is 6.30. The lowest BCUT2D eigenvalue weighted by molar-refractivity contribution is -0.129. The molecule has 0 bridgehead atoms. The molecule has 0 spiro atoms. The van der Waals surface area contributed by atoms with Crippen LogP contribution in [0.25, 0.3) is 0 Å². The van der Waals surface area contributed by atoms with Gasteiger partial charge in [-0.1, -0.05) is 6.07 Å². The van der Waals surface area contributed by atoms with Gasteiger partial charge in [0.15, 0.2) is 5.78 Å². The van der Waals surface area contributed by atoms with Crippen LogP contribution in [0.2, 0.25) is 0 Å². The molecular formula is C17H19FN2O4. The number of halogens is 1. The molecule has 3 rings (SSSR count). The number of nitrogens with one attached hydrogen (secondary N) is 1. The molecule has 128 valence electrons. The molecule has 24 heavy (non-hydrogen) atoms. The Morgan fingerprint density at radius 3 is 2.96 bits per heavy atom. The molecule has 7 heteroatoms. The number of ether oxygens (including phenoxy) is 1. The minimum absolute atomic E-state index is 0.0364. The highest BCUT2D eigenvalue weighted by molar-refractivity contribution is 5.97. The number of amides is 2. The Bertz CT molecular complexity index is 706. The van der Waals surface area contributed by atoms with Gasteiger partial charge in [0.1, 0.15) is 18.0 Å². The van der Waals surface area contributed by atoms with Crippen LogP contribution in [0.15, 0.2) is 18.2 Å². The van der Waals surface area contributed by atoms with E-state index in [0.717, 1.165) is 18.9 Å². The number of rotatable bonds is 5. The van der Waals surface area contributed by atoms with Gasteiger partial charge < -0.3 is 15.8 Å². The minimum atomic E-state index is -0.896. The summed E-state index contributed by atoms with van der Waals surface area (Å²) in [4.78, 5) is 35.8. The van der Waals surface area contributed by atoms with Crippen molar-refractivity contribution in [3.63, 3.8) is 0 Å². The van der Waals surface area contributed by atoms with Gasteiger partial charge in [-0.05, 0) is 43.4 Å². The van der Waals surface area contributed by atoms with Crippen molar-refractivity contribution in [2.24, 2.45) is 5.73 Å². The second kappa shape index (κ2) is 6.32. The van der Waals surface area contributed by atoms with Crippen LogP contribution in [-0.2, 0) is 20.7 Å². The molecule has 6 nitrogen and oxygen atoms in total. The van der Waals surface area contributed by atoms with Crippen molar-refractivity contribution in [1.29, 1.82) is 0 Å². The molecular weight excluding hydrogens is 315 g/mol. The van der Waals surface area contributed by atoms with Crippen LogP contribution in [0.4, 0.5) is 4.39 Å². The Kier molecular flexibility index (Phi) is 4.36. The zero-order valence-electron chi connectivity index (χ0n) is 13.1. The Balaban J connectivity index is 1.66. The summed E-state index contributed by atoms with van der Waals surface area (Å²) in [7, 11) is 0. The van der Waals surface area contributed by atoms with E-state index < -0.39 is 17.3 Å². The van der Waals surface area contributed by atoms with E-state index in [1.165, 1.54) is 12.1 Å². The van der Waals surface area contributed by atoms with E-state index in [2.05, 4.69) is 5.32 Å². The highest BCUT2D eigenvalue weighted by Gasteiger charge is 2.54. The SMILES string of the molecule is NC(=O)c1cc(F)ccc1CCC(=O)NC12CCCC1OCC2=O. The average molecular weight is 334 g/mol. The first-order valence-electron chi connectivity index (χ1n) is 7.96. The summed E-state index contributed by atoms with van der Waals surface area (Å²) in [6, 6.07) is 3.73. The average Bonchev–Trinajstić information content (AvgIpc) is 3.06. The number of ketones is 1. The summed E-state index contributed by atoms with van der Waals surface area (Å²) in [5.41, 5.74) is 4.92. The number of hydrogen-bond acceptors (Lipinski definition) is 4. The highest BCUT2D eigenvalue weighted by atomic mass is 19.1. The predicted molar refractivity (Wildman–Crippen MR) is 82.7 cm³/mol. The number of aryl methyl sites for hydroxylation is 1. The second-order valence-electron chi connectivity index (χ2n) is 6.30. The Hall–Kier alpha value is -2.28. The third-order valence-corrected chi connectivity index (χ3v) is 4.82. The van der Waals surface area contributed by atoms with Gasteiger partial charge in [-0.15, -0.1) is 0 Å². The molecule has 2 amide bonds. The summed E-state index contributed by atoms with van der Waals surface area (Å²) in [6.07, 6.45) is 2.25. The van der Waals surface area contributed by atoms with Crippen LogP contribution in [0.3, 0.4) is 0 Å². The zero-order valence-corrected chi connectivity index (χ0v) is 13.1. The van der Waals surface area contributed by atoms with Crippen molar-refractivity contribution in [3.05, 3.63) is 35.1 Å². The van der Waals surface area contributed by atoms with Gasteiger partial charge >= 0.3 is 0 Å². The van der Waals surface area contributed by atoms with E-state index in [1.54, 1.807) is 0 Å². The van der Waals surface area contributed by atoms with Crippen molar-refractivity contribution in [3.8, 4) is 0 Å². The van der Waals surface area contributed by atoms with Crippen LogP contribution in [0, 0.1) is 5.82 Å². The molecule has 1 heterocycles. The van der Waals surface area contributed by atoms with Crippen LogP contribution in [0.1, 0.15) is 41.6 Å². The lowest BCUT2D eigenvalue weighted by Gasteiger charge is -2.27. The number of primary amides is 1. The number of fused-ring (bicyclic) bond motifs is 1. The molecule has 0 radical (unpaired) electrons. The zero-order chi connectivity index (χ0) is 17.3. The van der Waals surface area contributed by atoms with Crippen molar-refractivity contribution < 1.29 is 23.5 Å². The normalized spacial score (nSPS) is 25.5. The molecule has 1 aliphatic carbocycles. The maximum Gasteiger partial charge on any atom is 0.249 e. The molecule has 1 saturated heterocycles. The van der Waals surface area contributed by atoms with Gasteiger partial charge in [0.25, 0.3) is 0 Å². The van der Waals surface area contributed by atoms with Crippen LogP contribution >= 0.6 is 0 Å². The van der Waals surface area contributed by atoms with Gasteiger partial charge in [-0.2, -0.15) is 0 Å². The van der Waals surface area contributed by atoms with E-state index in [-0.39, 0.29) is 42.8 Å². The van der Waals surface area contributed by atoms with Gasteiger partial charge in [0.2, 0.25) is 11.8 Å². The molecule has 1 saturated carbocycles. The number of hydrogen-bond donors (Lipinski definition) is 2. The summed E-state index contributed by atoms with van der Waals surface area (Å²) in [5.74, 6) is -1.67. The largest absolute Gasteiger partial charge is 0.367 e. The predicted octanol–water partition coefficient (Wildman–Crippen LogP) is 0.864. The quantitative estimate of drug-likeness (QED) is 0.834. The highest BCUT2D eigenvalue weighted by Crippen LogP contribution is 2.37. The van der Waals surface area contributed by atoms with Crippen LogP contribution in [0.5, 0.6) is 0 Å². The molecule has 1 aromatic rings. The number of carbonyl (C=O) groups excluding carboxylic acids is 3. The molecule has 3 N–H and O–H groups in total. The standard InChI is InChI=1S/C17H19FN2O4/c18-11-5-3-10(12(8-11)16(19)23)4-6-15(22)20-17-7-1-2-14(17)24-9-13(17)21/h3,5,8,14H,1-2,4,6-7,9H2,(H2,19,23)(H,20,22). The monoisotopic (exact) mass is 334 g/mol. The van der Waals surface area contributed by atoms with Crippen LogP contribution < -0.4 is 11.1 Å². The number of Topliss-reactive ketones (excluding diaryl/α,β-unsaturated/α-hetero) is 1. The maximum absolute atomic E-state index is 13.2. The van der Waals surface area contributed by atoms with Gasteiger partial charge in [0, 0.05) is 12.0 Å². The molecule has 0 aromatic heterocycles. The minimum Gasteiger partial charge on any atom is -0.367 e. The summed E-state index contributed by atoms with van der Waals surface area (Å²) in [6.45, 7) is 0.0364. The summed E-state index contributed by atoms with van der Waals surface area (Å²) >= 11 is 0. The number of benzene rings is 1. The summed E-state index contributed by atoms with van der Waals surface area (Å²) < 4.78 is 18.7. The molecule has 1 aliphatic heterocycles. The fourth-order valence-electron chi connectivity index (χ4n) is 3.59. The van der Waals surface area contributed by atoms with E-state index in [0.29, 0.717) is 12.0 Å². The molecule has 2 unspecified atom stereocenters. The van der Waals surface area contributed by atoms with E-state index in [4.69, 9.17) is 10.5 Å². The lowest BCUT2D eigenvalue weighted by Crippen LogP contribution is -2.56. The number of nitrogens with two attached hydrogens (primary N) is 1. The Labute approximate surface area is 138 Å². The molecule has 2 fully saturated rings. The summed E-state index contributed by atoms with van der Waals surface area (Å²) in [5, 5.41) is 2.83. The van der Waals surface area contributed by atoms with Crippen molar-refractivity contribution in [2.45, 2.75) is 43.7 Å². The molecule has 2 atom stereocenters. The first-order valence-corrected chi connectivity index (χ1v) is 7.96. The van der Waals surface area contributed by atoms with Gasteiger partial charge in [-0.3, -0.25) is 14.4 Å². The van der Waals surface area contributed by atoms with Gasteiger partial charge in [-0.25, -0.2) is 4.39 Å². The molecule has 1 aromatic carbocycles. The van der Waals surface area contributed by atoms with Gasteiger partial charge in [0.05, 0.1) is 6.10 Å². The fraction of sp³-hybridized carbons (Fsp3) is 0.471. The van der Waals surface area contributed by atoms with E-state index in [9.17, 15) is 18.8 Å². The topological polar surface area (TPSA) is 98.5 Å². The lowest BCUT2D eigenvalue weighted by atomic mass is 9.92. The maximum atomic E-state index is 13.2. The van der Waals surface area contributed by atoms with Crippen molar-refractivity contribution >= 4 is 17.6 Å². The van der Waals surface area contributed by atoms with Crippen molar-refractivity contribution in [2.75, 3.05) is 6.61 Å². The Morgan fingerprint density at radius 2 is 2.21 bits per heavy atom. The Morgan fingerprint density at radius 1 is 1.42 bits per heavy atom. The first kappa shape index (κ1) is 16.6. The van der Waals surface area contributed by atoms with E-state index in [1.807, 2.05) is 0 Å². The van der Waals surface area contributed by atoms with Crippen LogP contribution in [-0.4, -0.2) is 35.8 Å².